The summed E-state index contributed by atoms with van der Waals surface area (Å²) in [5, 5.41) is 9.41. The first-order valence-electron chi connectivity index (χ1n) is 10.3. The van der Waals surface area contributed by atoms with Gasteiger partial charge in [-0.15, -0.1) is 0 Å². The first-order chi connectivity index (χ1) is 16.6. The van der Waals surface area contributed by atoms with Gasteiger partial charge in [-0.2, -0.15) is 0 Å². The monoisotopic (exact) mass is 452 g/mol. The number of nitrogens with zero attached hydrogens (tertiary/aromatic N) is 3. The number of ether oxygens (including phenoxy) is 1. The standard InChI is InChI=1S/C25H20N6O3/c1-34-14-4-6-23(32)29-19-11-12-21-20(15-19)24(28-16-27-21)30-18-9-7-17(8-10-18)25(33)31-22-5-2-3-13-26-22/h2-3,5,7-13,15-16H,14H2,1H3,(H,29,32)(H,26,31,33)(H,27,28,30). The van der Waals surface area contributed by atoms with Crippen LogP contribution in [-0.2, 0) is 9.53 Å². The number of hydrogen-bond acceptors (Lipinski definition) is 7. The van der Waals surface area contributed by atoms with Crippen molar-refractivity contribution in [3.63, 3.8) is 0 Å². The second kappa shape index (κ2) is 10.7. The number of amides is 2. The molecule has 0 aliphatic carbocycles. The van der Waals surface area contributed by atoms with Crippen LogP contribution in [0, 0.1) is 11.8 Å². The number of anilines is 4. The normalized spacial score (nSPS) is 10.1. The SMILES string of the molecule is COCC#CC(=O)Nc1ccc2ncnc(Nc3ccc(C(=O)Nc4ccccn4)cc3)c2c1. The Labute approximate surface area is 195 Å². The smallest absolute Gasteiger partial charge is 0.300 e. The molecule has 0 fully saturated rings. The molecule has 9 nitrogen and oxygen atoms in total. The van der Waals surface area contributed by atoms with Gasteiger partial charge in [0.15, 0.2) is 0 Å². The van der Waals surface area contributed by atoms with Crippen molar-refractivity contribution >= 4 is 45.7 Å². The van der Waals surface area contributed by atoms with Crippen LogP contribution in [0.2, 0.25) is 0 Å². The average Bonchev–Trinajstić information content (AvgIpc) is 2.85. The molecule has 2 aromatic carbocycles. The predicted molar refractivity (Wildman–Crippen MR) is 130 cm³/mol. The summed E-state index contributed by atoms with van der Waals surface area (Å²) in [4.78, 5) is 37.1. The summed E-state index contributed by atoms with van der Waals surface area (Å²) in [7, 11) is 1.51. The lowest BCUT2D eigenvalue weighted by molar-refractivity contribution is -0.111. The number of fused-ring (bicyclic) bond motifs is 1. The fourth-order valence-corrected chi connectivity index (χ4v) is 3.05. The minimum absolute atomic E-state index is 0.177. The van der Waals surface area contributed by atoms with Gasteiger partial charge in [0.05, 0.1) is 5.52 Å². The van der Waals surface area contributed by atoms with Crippen LogP contribution in [0.3, 0.4) is 0 Å². The number of nitrogens with one attached hydrogen (secondary N) is 3. The Bertz CT molecular complexity index is 1380. The fraction of sp³-hybridized carbons (Fsp3) is 0.0800. The highest BCUT2D eigenvalue weighted by molar-refractivity contribution is 6.06. The van der Waals surface area contributed by atoms with E-state index in [4.69, 9.17) is 4.74 Å². The maximum absolute atomic E-state index is 12.4. The molecule has 0 radical (unpaired) electrons. The Morgan fingerprint density at radius 1 is 0.941 bits per heavy atom. The molecule has 0 saturated heterocycles. The maximum atomic E-state index is 12.4. The second-order valence-corrected chi connectivity index (χ2v) is 7.01. The quantitative estimate of drug-likeness (QED) is 0.383. The third kappa shape index (κ3) is 5.70. The van der Waals surface area contributed by atoms with Crippen LogP contribution in [0.5, 0.6) is 0 Å². The molecule has 2 amide bonds. The van der Waals surface area contributed by atoms with Gasteiger partial charge in [0.2, 0.25) is 0 Å². The zero-order valence-corrected chi connectivity index (χ0v) is 18.2. The molecule has 2 heterocycles. The molecular formula is C25H20N6O3. The number of carbonyl (C=O) groups is 2. The van der Waals surface area contributed by atoms with Crippen LogP contribution in [0.1, 0.15) is 10.4 Å². The summed E-state index contributed by atoms with van der Waals surface area (Å²) in [6.07, 6.45) is 3.06. The van der Waals surface area contributed by atoms with Crippen molar-refractivity contribution in [3.8, 4) is 11.8 Å². The highest BCUT2D eigenvalue weighted by Crippen LogP contribution is 2.26. The molecule has 9 heteroatoms. The highest BCUT2D eigenvalue weighted by atomic mass is 16.5. The van der Waals surface area contributed by atoms with Crippen molar-refractivity contribution in [1.82, 2.24) is 15.0 Å². The number of benzene rings is 2. The fourth-order valence-electron chi connectivity index (χ4n) is 3.05. The molecule has 0 bridgehead atoms. The summed E-state index contributed by atoms with van der Waals surface area (Å²) >= 11 is 0. The maximum Gasteiger partial charge on any atom is 0.300 e. The number of carbonyl (C=O) groups excluding carboxylic acids is 2. The summed E-state index contributed by atoms with van der Waals surface area (Å²) in [5.41, 5.74) is 2.48. The molecule has 4 rings (SSSR count). The third-order valence-corrected chi connectivity index (χ3v) is 4.63. The van der Waals surface area contributed by atoms with Gasteiger partial charge < -0.3 is 20.7 Å². The van der Waals surface area contributed by atoms with Crippen molar-refractivity contribution in [1.29, 1.82) is 0 Å². The molecule has 34 heavy (non-hydrogen) atoms. The summed E-state index contributed by atoms with van der Waals surface area (Å²) in [5.74, 6) is 5.40. The van der Waals surface area contributed by atoms with Crippen LogP contribution >= 0.6 is 0 Å². The molecule has 4 aromatic rings. The van der Waals surface area contributed by atoms with Gasteiger partial charge in [0.1, 0.15) is 24.6 Å². The van der Waals surface area contributed by atoms with E-state index in [0.717, 1.165) is 5.69 Å². The Morgan fingerprint density at radius 3 is 2.53 bits per heavy atom. The lowest BCUT2D eigenvalue weighted by Gasteiger charge is -2.10. The number of methoxy groups -OCH3 is 1. The van der Waals surface area contributed by atoms with E-state index in [-0.39, 0.29) is 12.5 Å². The lowest BCUT2D eigenvalue weighted by Crippen LogP contribution is -2.12. The van der Waals surface area contributed by atoms with Gasteiger partial charge in [-0.1, -0.05) is 12.0 Å². The van der Waals surface area contributed by atoms with E-state index < -0.39 is 5.91 Å². The van der Waals surface area contributed by atoms with E-state index in [0.29, 0.717) is 33.8 Å². The Balaban J connectivity index is 1.49. The first-order valence-corrected chi connectivity index (χ1v) is 10.3. The van der Waals surface area contributed by atoms with E-state index in [2.05, 4.69) is 42.7 Å². The summed E-state index contributed by atoms with van der Waals surface area (Å²) in [6.45, 7) is 0.177. The highest BCUT2D eigenvalue weighted by Gasteiger charge is 2.09. The molecule has 168 valence electrons. The number of rotatable bonds is 6. The Morgan fingerprint density at radius 2 is 1.76 bits per heavy atom. The van der Waals surface area contributed by atoms with Crippen LogP contribution in [0.4, 0.5) is 23.0 Å². The zero-order valence-electron chi connectivity index (χ0n) is 18.2. The van der Waals surface area contributed by atoms with Gasteiger partial charge in [-0.3, -0.25) is 9.59 Å². The minimum Gasteiger partial charge on any atom is -0.372 e. The van der Waals surface area contributed by atoms with Crippen molar-refractivity contribution < 1.29 is 14.3 Å². The van der Waals surface area contributed by atoms with Crippen molar-refractivity contribution in [2.24, 2.45) is 0 Å². The molecule has 0 saturated carbocycles. The van der Waals surface area contributed by atoms with Gasteiger partial charge in [0, 0.05) is 35.6 Å². The van der Waals surface area contributed by atoms with Gasteiger partial charge in [-0.05, 0) is 60.5 Å². The summed E-state index contributed by atoms with van der Waals surface area (Å²) < 4.78 is 4.82. The van der Waals surface area contributed by atoms with Crippen LogP contribution in [-0.4, -0.2) is 40.5 Å². The Hall–Kier alpha value is -4.81. The van der Waals surface area contributed by atoms with Gasteiger partial charge >= 0.3 is 0 Å². The largest absolute Gasteiger partial charge is 0.372 e. The lowest BCUT2D eigenvalue weighted by atomic mass is 10.1. The summed E-state index contributed by atoms with van der Waals surface area (Å²) in [6, 6.07) is 17.5. The average molecular weight is 452 g/mol. The van der Waals surface area contributed by atoms with Crippen LogP contribution in [0.15, 0.2) is 73.2 Å². The molecular weight excluding hydrogens is 432 g/mol. The van der Waals surface area contributed by atoms with Gasteiger partial charge in [-0.25, -0.2) is 15.0 Å². The van der Waals surface area contributed by atoms with E-state index in [9.17, 15) is 9.59 Å². The molecule has 0 atom stereocenters. The molecule has 0 unspecified atom stereocenters. The van der Waals surface area contributed by atoms with Crippen molar-refractivity contribution in [2.75, 3.05) is 29.7 Å². The Kier molecular flexibility index (Phi) is 7.03. The number of pyridine rings is 1. The molecule has 0 spiro atoms. The minimum atomic E-state index is -0.442. The molecule has 0 aliphatic heterocycles. The third-order valence-electron chi connectivity index (χ3n) is 4.63. The topological polar surface area (TPSA) is 118 Å². The van der Waals surface area contributed by atoms with Gasteiger partial charge in [0.25, 0.3) is 11.8 Å². The van der Waals surface area contributed by atoms with E-state index in [1.165, 1.54) is 13.4 Å². The second-order valence-electron chi connectivity index (χ2n) is 7.01. The van der Waals surface area contributed by atoms with Crippen molar-refractivity contribution in [2.45, 2.75) is 0 Å². The van der Waals surface area contributed by atoms with Crippen LogP contribution in [0.25, 0.3) is 10.9 Å². The van der Waals surface area contributed by atoms with Crippen molar-refractivity contribution in [3.05, 3.63) is 78.8 Å². The zero-order chi connectivity index (χ0) is 23.8. The van der Waals surface area contributed by atoms with Crippen LogP contribution < -0.4 is 16.0 Å². The number of aromatic nitrogens is 3. The first kappa shape index (κ1) is 22.4. The van der Waals surface area contributed by atoms with E-state index in [1.54, 1.807) is 66.9 Å². The number of hydrogen-bond donors (Lipinski definition) is 3. The molecule has 0 aliphatic rings. The van der Waals surface area contributed by atoms with E-state index in [1.807, 2.05) is 0 Å². The molecule has 3 N–H and O–H groups in total. The van der Waals surface area contributed by atoms with E-state index >= 15 is 0 Å². The molecule has 2 aromatic heterocycles. The predicted octanol–water partition coefficient (Wildman–Crippen LogP) is 3.61.